The fourth-order valence-corrected chi connectivity index (χ4v) is 8.58. The number of fused-ring (bicyclic) bond motifs is 4. The summed E-state index contributed by atoms with van der Waals surface area (Å²) in [6.07, 6.45) is 0.641. The Balaban J connectivity index is 0.805. The van der Waals surface area contributed by atoms with Crippen molar-refractivity contribution >= 4 is 23.0 Å². The number of aromatic nitrogens is 1. The number of aromatic hydroxyl groups is 1. The number of hydrogen-bond acceptors (Lipinski definition) is 13. The minimum absolute atomic E-state index is 0.0284. The van der Waals surface area contributed by atoms with Gasteiger partial charge in [0.1, 0.15) is 37.4 Å². The van der Waals surface area contributed by atoms with E-state index in [0.717, 1.165) is 54.7 Å². The van der Waals surface area contributed by atoms with Crippen LogP contribution in [0.5, 0.6) is 28.7 Å². The van der Waals surface area contributed by atoms with Gasteiger partial charge in [-0.05, 0) is 108 Å². The lowest BCUT2D eigenvalue weighted by atomic mass is 9.86. The third kappa shape index (κ3) is 11.1. The van der Waals surface area contributed by atoms with Gasteiger partial charge in [-0.15, -0.1) is 0 Å². The van der Waals surface area contributed by atoms with E-state index < -0.39 is 24.2 Å². The van der Waals surface area contributed by atoms with Gasteiger partial charge in [0.15, 0.2) is 11.5 Å². The normalized spacial score (nSPS) is 17.3. The van der Waals surface area contributed by atoms with Crippen molar-refractivity contribution in [2.45, 2.75) is 44.2 Å². The van der Waals surface area contributed by atoms with E-state index in [2.05, 4.69) is 20.5 Å². The number of nitrogens with one attached hydrogen (secondary N) is 3. The van der Waals surface area contributed by atoms with Crippen LogP contribution in [0, 0.1) is 5.92 Å². The van der Waals surface area contributed by atoms with Crippen LogP contribution in [-0.4, -0.2) is 91.9 Å². The van der Waals surface area contributed by atoms with Crippen LogP contribution >= 0.6 is 0 Å². The number of aliphatic hydroxyl groups excluding tert-OH is 1. The van der Waals surface area contributed by atoms with Crippen LogP contribution in [0.1, 0.15) is 63.2 Å². The molecule has 15 heteroatoms. The highest BCUT2D eigenvalue weighted by Crippen LogP contribution is 2.39. The fourth-order valence-electron chi connectivity index (χ4n) is 8.58. The number of methoxy groups -OCH3 is 2. The highest BCUT2D eigenvalue weighted by molar-refractivity contribution is 5.89. The fraction of sp³-hybridized carbons (Fsp3) is 0.314. The van der Waals surface area contributed by atoms with Crippen molar-refractivity contribution in [1.82, 2.24) is 20.5 Å². The first-order valence-corrected chi connectivity index (χ1v) is 22.0. The average Bonchev–Trinajstić information content (AvgIpc) is 3.35. The molecule has 3 aliphatic rings. The van der Waals surface area contributed by atoms with Gasteiger partial charge in [-0.2, -0.15) is 0 Å². The summed E-state index contributed by atoms with van der Waals surface area (Å²) in [7, 11) is 3.01. The van der Waals surface area contributed by atoms with Gasteiger partial charge in [-0.25, -0.2) is 9.59 Å². The van der Waals surface area contributed by atoms with Gasteiger partial charge in [0.25, 0.3) is 0 Å². The summed E-state index contributed by atoms with van der Waals surface area (Å²) in [4.78, 5) is 43.0. The molecular weight excluding hydrogens is 845 g/mol. The predicted molar refractivity (Wildman–Crippen MR) is 246 cm³/mol. The van der Waals surface area contributed by atoms with Gasteiger partial charge in [0.05, 0.1) is 37.4 Å². The molecule has 9 rings (SSSR count). The molecule has 5 aromatic carbocycles. The SMILES string of the molecule is COc1cc(CNCC(O)c2ccc(O)c3[nH]c(=O)ccc23)cc(OC)c1OCCOC(=O)c1ccc(COc2cccc(C(NC(=O)O[C@H]3CN4CCC3CC4)c3ccccc3)c2)cc1. The molecule has 0 spiro atoms. The number of aliphatic hydroxyl groups is 1. The van der Waals surface area contributed by atoms with Crippen LogP contribution in [0.25, 0.3) is 10.9 Å². The lowest BCUT2D eigenvalue weighted by Crippen LogP contribution is -2.52. The maximum Gasteiger partial charge on any atom is 0.408 e. The molecule has 6 aromatic rings. The van der Waals surface area contributed by atoms with Crippen molar-refractivity contribution in [2.24, 2.45) is 5.92 Å². The summed E-state index contributed by atoms with van der Waals surface area (Å²) < 4.78 is 34.9. The molecule has 2 unspecified atom stereocenters. The van der Waals surface area contributed by atoms with Gasteiger partial charge in [-0.1, -0.05) is 60.7 Å². The molecule has 1 amide bonds. The van der Waals surface area contributed by atoms with Crippen LogP contribution in [-0.2, 0) is 22.6 Å². The molecular formula is C51H54N4O11. The average molecular weight is 899 g/mol. The summed E-state index contributed by atoms with van der Waals surface area (Å²) in [5.41, 5.74) is 4.24. The number of carbonyl (C=O) groups is 2. The van der Waals surface area contributed by atoms with Crippen LogP contribution < -0.4 is 35.1 Å². The Morgan fingerprint density at radius 1 is 0.818 bits per heavy atom. The lowest BCUT2D eigenvalue weighted by molar-refractivity contribution is -0.0336. The molecule has 1 aromatic heterocycles. The number of aromatic amines is 1. The minimum atomic E-state index is -0.933. The van der Waals surface area contributed by atoms with Crippen molar-refractivity contribution in [3.05, 3.63) is 159 Å². The Morgan fingerprint density at radius 3 is 2.27 bits per heavy atom. The number of amides is 1. The van der Waals surface area contributed by atoms with E-state index in [-0.39, 0.29) is 49.3 Å². The number of esters is 1. The molecule has 2 bridgehead atoms. The van der Waals surface area contributed by atoms with Crippen molar-refractivity contribution in [3.8, 4) is 28.7 Å². The van der Waals surface area contributed by atoms with Crippen molar-refractivity contribution in [3.63, 3.8) is 0 Å². The number of alkyl carbamates (subject to hydrolysis) is 1. The van der Waals surface area contributed by atoms with Crippen molar-refractivity contribution in [2.75, 3.05) is 53.6 Å². The molecule has 3 atom stereocenters. The number of carbonyl (C=O) groups excluding carboxylic acids is 2. The van der Waals surface area contributed by atoms with Gasteiger partial charge in [0, 0.05) is 31.1 Å². The second-order valence-corrected chi connectivity index (χ2v) is 16.4. The zero-order valence-corrected chi connectivity index (χ0v) is 36.9. The standard InChI is InChI=1S/C51H54N4O11/c1-61-43-25-33(28-52-29-42(57)39-15-17-41(56)48-40(39)16-18-46(58)53-48)26-44(62-2)49(43)63-23-24-64-50(59)36-13-11-32(12-14-36)31-65-38-10-6-9-37(27-38)47(35-7-4-3-5-8-35)54-51(60)66-45-30-55-21-19-34(45)20-22-55/h3-18,25-27,34,42,45,47,52,56-57H,19-24,28-31H2,1-2H3,(H,53,58)(H,54,60)/t42?,45-,47?/m0/s1. The van der Waals surface area contributed by atoms with Gasteiger partial charge >= 0.3 is 12.1 Å². The van der Waals surface area contributed by atoms with Crippen LogP contribution in [0.4, 0.5) is 4.79 Å². The van der Waals surface area contributed by atoms with E-state index >= 15 is 0 Å². The molecule has 344 valence electrons. The number of piperidine rings is 3. The van der Waals surface area contributed by atoms with E-state index in [4.69, 9.17) is 28.4 Å². The first kappa shape index (κ1) is 45.5. The Bertz CT molecular complexity index is 2640. The van der Waals surface area contributed by atoms with Crippen molar-refractivity contribution < 1.29 is 48.2 Å². The highest BCUT2D eigenvalue weighted by atomic mass is 16.6. The van der Waals surface area contributed by atoms with Crippen LogP contribution in [0.3, 0.4) is 0 Å². The van der Waals surface area contributed by atoms with E-state index in [1.807, 2.05) is 54.6 Å². The lowest BCUT2D eigenvalue weighted by Gasteiger charge is -2.43. The van der Waals surface area contributed by atoms with Gasteiger partial charge in [-0.3, -0.25) is 9.69 Å². The summed E-state index contributed by atoms with van der Waals surface area (Å²) in [5.74, 6) is 1.59. The molecule has 5 N–H and O–H groups in total. The Morgan fingerprint density at radius 2 is 1.56 bits per heavy atom. The Labute approximate surface area is 382 Å². The summed E-state index contributed by atoms with van der Waals surface area (Å²) >= 11 is 0. The van der Waals surface area contributed by atoms with Gasteiger partial charge in [0.2, 0.25) is 11.3 Å². The molecule has 4 heterocycles. The topological polar surface area (TPSA) is 190 Å². The number of phenols is 1. The quantitative estimate of drug-likeness (QED) is 0.0422. The minimum Gasteiger partial charge on any atom is -0.506 e. The number of rotatable bonds is 19. The summed E-state index contributed by atoms with van der Waals surface area (Å²) in [5, 5.41) is 28.0. The number of pyridine rings is 1. The highest BCUT2D eigenvalue weighted by Gasteiger charge is 2.37. The van der Waals surface area contributed by atoms with E-state index in [0.29, 0.717) is 52.0 Å². The molecule has 3 aliphatic heterocycles. The first-order chi connectivity index (χ1) is 32.1. The van der Waals surface area contributed by atoms with Crippen molar-refractivity contribution in [1.29, 1.82) is 0 Å². The zero-order chi connectivity index (χ0) is 46.0. The second kappa shape index (κ2) is 21.3. The summed E-state index contributed by atoms with van der Waals surface area (Å²) in [6.45, 7) is 3.68. The Hall–Kier alpha value is -7.07. The van der Waals surface area contributed by atoms with E-state index in [1.165, 1.54) is 26.4 Å². The molecule has 3 saturated heterocycles. The number of ether oxygens (including phenoxy) is 6. The Kier molecular flexibility index (Phi) is 14.7. The second-order valence-electron chi connectivity index (χ2n) is 16.4. The summed E-state index contributed by atoms with van der Waals surface area (Å²) in [6, 6.07) is 33.5. The molecule has 66 heavy (non-hydrogen) atoms. The predicted octanol–water partition coefficient (Wildman–Crippen LogP) is 6.80. The number of hydrogen-bond donors (Lipinski definition) is 5. The zero-order valence-electron chi connectivity index (χ0n) is 36.9. The third-order valence-corrected chi connectivity index (χ3v) is 12.1. The monoisotopic (exact) mass is 898 g/mol. The number of H-pyrrole nitrogens is 1. The van der Waals surface area contributed by atoms with Crippen LogP contribution in [0.15, 0.2) is 120 Å². The molecule has 0 saturated carbocycles. The first-order valence-electron chi connectivity index (χ1n) is 22.0. The van der Waals surface area contributed by atoms with Gasteiger partial charge < -0.3 is 54.3 Å². The number of benzene rings is 5. The molecule has 0 radical (unpaired) electrons. The van der Waals surface area contributed by atoms with E-state index in [9.17, 15) is 24.6 Å². The van der Waals surface area contributed by atoms with E-state index in [1.54, 1.807) is 48.5 Å². The van der Waals surface area contributed by atoms with Crippen LogP contribution in [0.2, 0.25) is 0 Å². The third-order valence-electron chi connectivity index (χ3n) is 12.1. The maximum atomic E-state index is 13.3. The molecule has 3 fully saturated rings. The smallest absolute Gasteiger partial charge is 0.408 e. The molecule has 0 aliphatic carbocycles. The number of nitrogens with zero attached hydrogens (tertiary/aromatic N) is 1. The number of phenolic OH excluding ortho intramolecular Hbond substituents is 1. The largest absolute Gasteiger partial charge is 0.506 e. The molecule has 15 nitrogen and oxygen atoms in total. The maximum absolute atomic E-state index is 13.3.